The van der Waals surface area contributed by atoms with Crippen LogP contribution < -0.4 is 5.73 Å². The van der Waals surface area contributed by atoms with Gasteiger partial charge in [-0.1, -0.05) is 13.3 Å². The summed E-state index contributed by atoms with van der Waals surface area (Å²) in [5.74, 6) is 0.627. The molecule has 1 aliphatic heterocycles. The van der Waals surface area contributed by atoms with Gasteiger partial charge < -0.3 is 5.73 Å². The van der Waals surface area contributed by atoms with Crippen molar-refractivity contribution in [1.29, 1.82) is 0 Å². The molecule has 0 bridgehead atoms. The van der Waals surface area contributed by atoms with Crippen LogP contribution in [0.25, 0.3) is 0 Å². The summed E-state index contributed by atoms with van der Waals surface area (Å²) in [5.41, 5.74) is 6.92. The molecular formula is C12H22N4. The Morgan fingerprint density at radius 2 is 2.31 bits per heavy atom. The SMILES string of the molecule is CCC1CCCCN1Cc1cc(N)nn1C. The maximum absolute atomic E-state index is 5.70. The highest BCUT2D eigenvalue weighted by Gasteiger charge is 2.21. The van der Waals surface area contributed by atoms with Crippen molar-refractivity contribution in [3.63, 3.8) is 0 Å². The van der Waals surface area contributed by atoms with E-state index in [0.717, 1.165) is 12.6 Å². The lowest BCUT2D eigenvalue weighted by atomic mass is 10.00. The molecule has 1 aliphatic rings. The van der Waals surface area contributed by atoms with E-state index in [1.807, 2.05) is 17.8 Å². The van der Waals surface area contributed by atoms with Crippen LogP contribution in [-0.2, 0) is 13.6 Å². The number of aryl methyl sites for hydroxylation is 1. The summed E-state index contributed by atoms with van der Waals surface area (Å²) in [4.78, 5) is 2.57. The van der Waals surface area contributed by atoms with E-state index in [9.17, 15) is 0 Å². The van der Waals surface area contributed by atoms with Crippen LogP contribution in [0.2, 0.25) is 0 Å². The number of anilines is 1. The smallest absolute Gasteiger partial charge is 0.145 e. The number of rotatable bonds is 3. The fourth-order valence-electron chi connectivity index (χ4n) is 2.62. The highest BCUT2D eigenvalue weighted by atomic mass is 15.3. The molecule has 0 saturated carbocycles. The predicted molar refractivity (Wildman–Crippen MR) is 66.0 cm³/mol. The van der Waals surface area contributed by atoms with Crippen LogP contribution in [0.5, 0.6) is 0 Å². The van der Waals surface area contributed by atoms with E-state index in [4.69, 9.17) is 5.73 Å². The first kappa shape index (κ1) is 11.5. The molecule has 4 heteroatoms. The number of nitrogens with zero attached hydrogens (tertiary/aromatic N) is 3. The van der Waals surface area contributed by atoms with Crippen LogP contribution in [0.15, 0.2) is 6.07 Å². The first-order chi connectivity index (χ1) is 7.70. The summed E-state index contributed by atoms with van der Waals surface area (Å²) < 4.78 is 1.90. The molecule has 0 amide bonds. The van der Waals surface area contributed by atoms with Crippen molar-refractivity contribution in [2.24, 2.45) is 7.05 Å². The van der Waals surface area contributed by atoms with Crippen LogP contribution in [0.3, 0.4) is 0 Å². The van der Waals surface area contributed by atoms with E-state index in [1.165, 1.54) is 37.9 Å². The van der Waals surface area contributed by atoms with Crippen molar-refractivity contribution in [3.8, 4) is 0 Å². The summed E-state index contributed by atoms with van der Waals surface area (Å²) in [6, 6.07) is 2.73. The van der Waals surface area contributed by atoms with Gasteiger partial charge >= 0.3 is 0 Å². The van der Waals surface area contributed by atoms with Gasteiger partial charge in [0.2, 0.25) is 0 Å². The molecule has 1 aromatic rings. The number of hydrogen-bond donors (Lipinski definition) is 1. The zero-order valence-electron chi connectivity index (χ0n) is 10.3. The highest BCUT2D eigenvalue weighted by Crippen LogP contribution is 2.21. The van der Waals surface area contributed by atoms with Crippen LogP contribution in [0.4, 0.5) is 5.82 Å². The number of nitrogen functional groups attached to an aromatic ring is 1. The minimum atomic E-state index is 0.627. The molecule has 1 saturated heterocycles. The Bertz CT molecular complexity index is 345. The molecule has 0 aromatic carbocycles. The molecule has 1 atom stereocenters. The van der Waals surface area contributed by atoms with E-state index >= 15 is 0 Å². The normalized spacial score (nSPS) is 22.5. The average molecular weight is 222 g/mol. The molecule has 1 unspecified atom stereocenters. The van der Waals surface area contributed by atoms with Gasteiger partial charge in [0.25, 0.3) is 0 Å². The van der Waals surface area contributed by atoms with E-state index in [2.05, 4.69) is 16.9 Å². The Kier molecular flexibility index (Phi) is 3.49. The van der Waals surface area contributed by atoms with E-state index in [-0.39, 0.29) is 0 Å². The lowest BCUT2D eigenvalue weighted by Gasteiger charge is -2.35. The van der Waals surface area contributed by atoms with Gasteiger partial charge in [0.15, 0.2) is 0 Å². The lowest BCUT2D eigenvalue weighted by Crippen LogP contribution is -2.38. The van der Waals surface area contributed by atoms with E-state index < -0.39 is 0 Å². The molecular weight excluding hydrogens is 200 g/mol. The van der Waals surface area contributed by atoms with Crippen LogP contribution >= 0.6 is 0 Å². The number of likely N-dealkylation sites (tertiary alicyclic amines) is 1. The van der Waals surface area contributed by atoms with Crippen molar-refractivity contribution in [3.05, 3.63) is 11.8 Å². The number of aromatic nitrogens is 2. The third kappa shape index (κ3) is 2.38. The Hall–Kier alpha value is -1.03. The second-order valence-corrected chi connectivity index (χ2v) is 4.71. The summed E-state index contributed by atoms with van der Waals surface area (Å²) >= 11 is 0. The van der Waals surface area contributed by atoms with Gasteiger partial charge in [-0.25, -0.2) is 0 Å². The van der Waals surface area contributed by atoms with Crippen LogP contribution in [0, 0.1) is 0 Å². The van der Waals surface area contributed by atoms with Crippen LogP contribution in [0.1, 0.15) is 38.3 Å². The van der Waals surface area contributed by atoms with Gasteiger partial charge in [0.05, 0.1) is 5.69 Å². The van der Waals surface area contributed by atoms with Gasteiger partial charge in [-0.2, -0.15) is 5.10 Å². The second-order valence-electron chi connectivity index (χ2n) is 4.71. The lowest BCUT2D eigenvalue weighted by molar-refractivity contribution is 0.133. The quantitative estimate of drug-likeness (QED) is 0.848. The topological polar surface area (TPSA) is 47.1 Å². The number of hydrogen-bond acceptors (Lipinski definition) is 3. The summed E-state index contributed by atoms with van der Waals surface area (Å²) in [6.07, 6.45) is 5.28. The second kappa shape index (κ2) is 4.87. The first-order valence-corrected chi connectivity index (χ1v) is 6.23. The molecule has 0 aliphatic carbocycles. The van der Waals surface area contributed by atoms with Gasteiger partial charge in [-0.15, -0.1) is 0 Å². The fraction of sp³-hybridized carbons (Fsp3) is 0.750. The molecule has 4 nitrogen and oxygen atoms in total. The summed E-state index contributed by atoms with van der Waals surface area (Å²) in [7, 11) is 1.97. The van der Waals surface area contributed by atoms with Gasteiger partial charge in [0, 0.05) is 25.7 Å². The van der Waals surface area contributed by atoms with Crippen molar-refractivity contribution in [2.75, 3.05) is 12.3 Å². The Labute approximate surface area is 97.4 Å². The molecule has 16 heavy (non-hydrogen) atoms. The number of piperidine rings is 1. The molecule has 90 valence electrons. The Balaban J connectivity index is 2.04. The van der Waals surface area contributed by atoms with E-state index in [1.54, 1.807) is 0 Å². The van der Waals surface area contributed by atoms with Crippen molar-refractivity contribution in [1.82, 2.24) is 14.7 Å². The third-order valence-electron chi connectivity index (χ3n) is 3.58. The Morgan fingerprint density at radius 1 is 1.50 bits per heavy atom. The van der Waals surface area contributed by atoms with Gasteiger partial charge in [-0.3, -0.25) is 9.58 Å². The number of nitrogens with two attached hydrogens (primary N) is 1. The standard InChI is InChI=1S/C12H22N4/c1-3-10-6-4-5-7-16(10)9-11-8-12(13)14-15(11)2/h8,10H,3-7,9H2,1-2H3,(H2,13,14). The minimum Gasteiger partial charge on any atom is -0.382 e. The van der Waals surface area contributed by atoms with Gasteiger partial charge in [0.1, 0.15) is 5.82 Å². The molecule has 2 heterocycles. The van der Waals surface area contributed by atoms with E-state index in [0.29, 0.717) is 5.82 Å². The molecule has 0 radical (unpaired) electrons. The summed E-state index contributed by atoms with van der Waals surface area (Å²) in [6.45, 7) is 4.48. The maximum atomic E-state index is 5.70. The van der Waals surface area contributed by atoms with Gasteiger partial charge in [-0.05, 0) is 25.8 Å². The molecule has 1 aromatic heterocycles. The fourth-order valence-corrected chi connectivity index (χ4v) is 2.62. The first-order valence-electron chi connectivity index (χ1n) is 6.23. The highest BCUT2D eigenvalue weighted by molar-refractivity contribution is 5.29. The Morgan fingerprint density at radius 3 is 2.94 bits per heavy atom. The zero-order chi connectivity index (χ0) is 11.5. The van der Waals surface area contributed by atoms with Crippen molar-refractivity contribution >= 4 is 5.82 Å². The predicted octanol–water partition coefficient (Wildman–Crippen LogP) is 1.77. The summed E-state index contributed by atoms with van der Waals surface area (Å²) in [5, 5.41) is 4.20. The molecule has 1 fully saturated rings. The minimum absolute atomic E-state index is 0.627. The van der Waals surface area contributed by atoms with Crippen LogP contribution in [-0.4, -0.2) is 27.3 Å². The average Bonchev–Trinajstić information content (AvgIpc) is 2.58. The third-order valence-corrected chi connectivity index (χ3v) is 3.58. The maximum Gasteiger partial charge on any atom is 0.145 e. The largest absolute Gasteiger partial charge is 0.382 e. The van der Waals surface area contributed by atoms with Crippen molar-refractivity contribution in [2.45, 2.75) is 45.2 Å². The van der Waals surface area contributed by atoms with Crippen molar-refractivity contribution < 1.29 is 0 Å². The zero-order valence-corrected chi connectivity index (χ0v) is 10.3. The monoisotopic (exact) mass is 222 g/mol. The molecule has 2 N–H and O–H groups in total. The molecule has 2 rings (SSSR count). The molecule has 0 spiro atoms.